The van der Waals surface area contributed by atoms with Gasteiger partial charge >= 0.3 is 0 Å². The number of anilines is 1. The highest BCUT2D eigenvalue weighted by Gasteiger charge is 2.11. The summed E-state index contributed by atoms with van der Waals surface area (Å²) in [6.07, 6.45) is 0.175. The molecule has 4 nitrogen and oxygen atoms in total. The number of hydrogen-bond acceptors (Lipinski definition) is 4. The molecule has 1 heterocycles. The lowest BCUT2D eigenvalue weighted by Crippen LogP contribution is -2.14. The molecule has 1 atom stereocenters. The number of aliphatic hydroxyl groups excluding tert-OH is 1. The van der Waals surface area contributed by atoms with E-state index in [-0.39, 0.29) is 0 Å². The average molecular weight is 292 g/mol. The summed E-state index contributed by atoms with van der Waals surface area (Å²) in [5.74, 6) is 1.44. The predicted molar refractivity (Wildman–Crippen MR) is 81.0 cm³/mol. The van der Waals surface area contributed by atoms with Gasteiger partial charge in [-0.2, -0.15) is 0 Å². The predicted octanol–water partition coefficient (Wildman–Crippen LogP) is 3.15. The Kier molecular flexibility index (Phi) is 4.93. The van der Waals surface area contributed by atoms with Crippen molar-refractivity contribution in [2.45, 2.75) is 26.4 Å². The number of aryl methyl sites for hydroxylation is 2. The van der Waals surface area contributed by atoms with Crippen LogP contribution in [0.4, 0.5) is 5.82 Å². The van der Waals surface area contributed by atoms with E-state index in [4.69, 9.17) is 11.6 Å². The van der Waals surface area contributed by atoms with Crippen molar-refractivity contribution in [2.75, 3.05) is 11.9 Å². The molecule has 2 rings (SSSR count). The van der Waals surface area contributed by atoms with Crippen LogP contribution < -0.4 is 5.32 Å². The van der Waals surface area contributed by atoms with E-state index >= 15 is 0 Å². The van der Waals surface area contributed by atoms with Crippen molar-refractivity contribution in [1.82, 2.24) is 9.97 Å². The maximum atomic E-state index is 10.2. The van der Waals surface area contributed by atoms with Crippen molar-refractivity contribution in [3.8, 4) is 0 Å². The van der Waals surface area contributed by atoms with Crippen LogP contribution in [0.5, 0.6) is 0 Å². The van der Waals surface area contributed by atoms with E-state index in [0.29, 0.717) is 17.1 Å². The lowest BCUT2D eigenvalue weighted by atomic mass is 10.1. The highest BCUT2D eigenvalue weighted by molar-refractivity contribution is 6.31. The Hall–Kier alpha value is -1.65. The van der Waals surface area contributed by atoms with Crippen LogP contribution in [-0.4, -0.2) is 21.6 Å². The first kappa shape index (κ1) is 14.8. The quantitative estimate of drug-likeness (QED) is 0.888. The van der Waals surface area contributed by atoms with Crippen LogP contribution in [0.25, 0.3) is 0 Å². The van der Waals surface area contributed by atoms with Crippen LogP contribution in [-0.2, 0) is 6.42 Å². The Bertz CT molecular complexity index is 589. The van der Waals surface area contributed by atoms with E-state index in [2.05, 4.69) is 15.3 Å². The highest BCUT2D eigenvalue weighted by atomic mass is 35.5. The SMILES string of the molecule is CCc1cc(NCC(O)c2ccccc2Cl)nc(C)n1. The van der Waals surface area contributed by atoms with Gasteiger partial charge in [-0.15, -0.1) is 0 Å². The summed E-state index contributed by atoms with van der Waals surface area (Å²) < 4.78 is 0. The minimum absolute atomic E-state index is 0.351. The number of halogens is 1. The summed E-state index contributed by atoms with van der Waals surface area (Å²) in [6, 6.07) is 9.18. The zero-order chi connectivity index (χ0) is 14.5. The van der Waals surface area contributed by atoms with Gasteiger partial charge in [0.1, 0.15) is 11.6 Å². The lowest BCUT2D eigenvalue weighted by Gasteiger charge is -2.14. The van der Waals surface area contributed by atoms with Gasteiger partial charge < -0.3 is 10.4 Å². The third-order valence-electron chi connectivity index (χ3n) is 2.99. The summed E-state index contributed by atoms with van der Waals surface area (Å²) in [5, 5.41) is 13.9. The molecule has 0 aliphatic heterocycles. The molecule has 1 aromatic carbocycles. The van der Waals surface area contributed by atoms with E-state index < -0.39 is 6.10 Å². The van der Waals surface area contributed by atoms with Crippen LogP contribution in [0.2, 0.25) is 5.02 Å². The molecule has 0 fully saturated rings. The second-order valence-corrected chi connectivity index (χ2v) is 4.97. The molecule has 2 aromatic rings. The smallest absolute Gasteiger partial charge is 0.130 e. The minimum Gasteiger partial charge on any atom is -0.387 e. The number of hydrogen-bond donors (Lipinski definition) is 2. The zero-order valence-corrected chi connectivity index (χ0v) is 12.4. The number of aliphatic hydroxyl groups is 1. The second kappa shape index (κ2) is 6.68. The van der Waals surface area contributed by atoms with Gasteiger partial charge in [0.05, 0.1) is 6.10 Å². The first-order valence-corrected chi connectivity index (χ1v) is 6.99. The Morgan fingerprint density at radius 3 is 2.75 bits per heavy atom. The Labute approximate surface area is 123 Å². The molecule has 0 amide bonds. The summed E-state index contributed by atoms with van der Waals surface area (Å²) in [4.78, 5) is 8.62. The first-order valence-electron chi connectivity index (χ1n) is 6.61. The molecular formula is C15H18ClN3O. The van der Waals surface area contributed by atoms with Crippen LogP contribution in [0.3, 0.4) is 0 Å². The fourth-order valence-electron chi connectivity index (χ4n) is 1.96. The molecule has 106 valence electrons. The Balaban J connectivity index is 2.05. The van der Waals surface area contributed by atoms with Gasteiger partial charge in [0.25, 0.3) is 0 Å². The summed E-state index contributed by atoms with van der Waals surface area (Å²) >= 11 is 6.06. The largest absolute Gasteiger partial charge is 0.387 e. The minimum atomic E-state index is -0.677. The normalized spacial score (nSPS) is 12.2. The number of nitrogens with one attached hydrogen (secondary N) is 1. The van der Waals surface area contributed by atoms with Gasteiger partial charge in [-0.1, -0.05) is 36.7 Å². The lowest BCUT2D eigenvalue weighted by molar-refractivity contribution is 0.191. The third-order valence-corrected chi connectivity index (χ3v) is 3.34. The summed E-state index contributed by atoms with van der Waals surface area (Å²) in [6.45, 7) is 4.25. The first-order chi connectivity index (χ1) is 9.60. The topological polar surface area (TPSA) is 58.0 Å². The van der Waals surface area contributed by atoms with Crippen molar-refractivity contribution < 1.29 is 5.11 Å². The number of benzene rings is 1. The standard InChI is InChI=1S/C15H18ClN3O/c1-3-11-8-15(19-10(2)18-11)17-9-14(20)12-6-4-5-7-13(12)16/h4-8,14,20H,3,9H2,1-2H3,(H,17,18,19). The van der Waals surface area contributed by atoms with Crippen molar-refractivity contribution in [3.63, 3.8) is 0 Å². The van der Waals surface area contributed by atoms with E-state index in [9.17, 15) is 5.11 Å². The Morgan fingerprint density at radius 2 is 2.05 bits per heavy atom. The monoisotopic (exact) mass is 291 g/mol. The van der Waals surface area contributed by atoms with E-state index in [1.165, 1.54) is 0 Å². The zero-order valence-electron chi connectivity index (χ0n) is 11.6. The fraction of sp³-hybridized carbons (Fsp3) is 0.333. The molecule has 5 heteroatoms. The van der Waals surface area contributed by atoms with E-state index in [1.807, 2.05) is 38.1 Å². The van der Waals surface area contributed by atoms with E-state index in [0.717, 1.165) is 23.8 Å². The molecule has 0 saturated heterocycles. The van der Waals surface area contributed by atoms with Gasteiger partial charge in [0, 0.05) is 28.9 Å². The maximum Gasteiger partial charge on any atom is 0.130 e. The average Bonchev–Trinajstić information content (AvgIpc) is 2.44. The van der Waals surface area contributed by atoms with Crippen molar-refractivity contribution in [1.29, 1.82) is 0 Å². The highest BCUT2D eigenvalue weighted by Crippen LogP contribution is 2.22. The molecule has 0 bridgehead atoms. The van der Waals surface area contributed by atoms with Crippen LogP contribution in [0.15, 0.2) is 30.3 Å². The number of nitrogens with zero attached hydrogens (tertiary/aromatic N) is 2. The molecule has 20 heavy (non-hydrogen) atoms. The molecule has 2 N–H and O–H groups in total. The molecule has 1 unspecified atom stereocenters. The van der Waals surface area contributed by atoms with Gasteiger partial charge in [0.2, 0.25) is 0 Å². The summed E-state index contributed by atoms with van der Waals surface area (Å²) in [5.41, 5.74) is 1.69. The molecule has 0 aliphatic rings. The summed E-state index contributed by atoms with van der Waals surface area (Å²) in [7, 11) is 0. The fourth-order valence-corrected chi connectivity index (χ4v) is 2.22. The molecular weight excluding hydrogens is 274 g/mol. The molecule has 1 aromatic heterocycles. The van der Waals surface area contributed by atoms with E-state index in [1.54, 1.807) is 6.07 Å². The second-order valence-electron chi connectivity index (χ2n) is 4.56. The van der Waals surface area contributed by atoms with Crippen molar-refractivity contribution in [3.05, 3.63) is 52.4 Å². The van der Waals surface area contributed by atoms with Crippen molar-refractivity contribution >= 4 is 17.4 Å². The number of aromatic nitrogens is 2. The van der Waals surface area contributed by atoms with Gasteiger partial charge in [-0.25, -0.2) is 9.97 Å². The van der Waals surface area contributed by atoms with Gasteiger partial charge in [0.15, 0.2) is 0 Å². The van der Waals surface area contributed by atoms with Crippen molar-refractivity contribution in [2.24, 2.45) is 0 Å². The van der Waals surface area contributed by atoms with Gasteiger partial charge in [-0.05, 0) is 19.4 Å². The number of rotatable bonds is 5. The van der Waals surface area contributed by atoms with Crippen LogP contribution in [0, 0.1) is 6.92 Å². The molecule has 0 aliphatic carbocycles. The van der Waals surface area contributed by atoms with Crippen LogP contribution in [0.1, 0.15) is 30.1 Å². The van der Waals surface area contributed by atoms with Crippen LogP contribution >= 0.6 is 11.6 Å². The molecule has 0 saturated carbocycles. The molecule has 0 spiro atoms. The third kappa shape index (κ3) is 3.68. The maximum absolute atomic E-state index is 10.2. The van der Waals surface area contributed by atoms with Gasteiger partial charge in [-0.3, -0.25) is 0 Å². The molecule has 0 radical (unpaired) electrons. The Morgan fingerprint density at radius 1 is 1.30 bits per heavy atom.